The molecule has 1 heterocycles. The molecule has 1 aliphatic heterocycles. The van der Waals surface area contributed by atoms with Crippen molar-refractivity contribution in [3.63, 3.8) is 0 Å². The van der Waals surface area contributed by atoms with Crippen LogP contribution in [0.1, 0.15) is 54.4 Å². The first-order valence-corrected chi connectivity index (χ1v) is 5.10. The van der Waals surface area contributed by atoms with E-state index in [2.05, 4.69) is 6.92 Å². The van der Waals surface area contributed by atoms with Crippen molar-refractivity contribution in [3.8, 4) is 0 Å². The number of hydrogen-bond acceptors (Lipinski definition) is 1. The summed E-state index contributed by atoms with van der Waals surface area (Å²) in [6.45, 7) is 13.1. The minimum Gasteiger partial charge on any atom is -0.498 e. The molecule has 1 rings (SSSR count). The Balaban J connectivity index is 0. The maximum Gasteiger partial charge on any atom is 0.0918 e. The lowest BCUT2D eigenvalue weighted by Gasteiger charge is -2.15. The zero-order chi connectivity index (χ0) is 9.98. The SMILES string of the molecule is CC.CC.CC1=C(C)OCCC1. The molecule has 12 heavy (non-hydrogen) atoms. The van der Waals surface area contributed by atoms with Crippen LogP contribution in [-0.4, -0.2) is 6.61 Å². The van der Waals surface area contributed by atoms with E-state index in [1.165, 1.54) is 18.4 Å². The molecule has 1 aliphatic rings. The normalized spacial score (nSPS) is 14.8. The third-order valence-electron chi connectivity index (χ3n) is 1.62. The highest BCUT2D eigenvalue weighted by Gasteiger charge is 2.03. The molecule has 0 radical (unpaired) electrons. The Morgan fingerprint density at radius 3 is 1.75 bits per heavy atom. The Labute approximate surface area is 77.8 Å². The zero-order valence-electron chi connectivity index (χ0n) is 9.53. The van der Waals surface area contributed by atoms with Crippen molar-refractivity contribution < 1.29 is 4.74 Å². The Morgan fingerprint density at radius 2 is 1.50 bits per heavy atom. The first-order chi connectivity index (χ1) is 5.80. The van der Waals surface area contributed by atoms with E-state index in [9.17, 15) is 0 Å². The molecule has 0 aliphatic carbocycles. The molecular weight excluding hydrogens is 148 g/mol. The monoisotopic (exact) mass is 172 g/mol. The van der Waals surface area contributed by atoms with Gasteiger partial charge >= 0.3 is 0 Å². The van der Waals surface area contributed by atoms with Crippen molar-refractivity contribution in [1.82, 2.24) is 0 Å². The van der Waals surface area contributed by atoms with Crippen molar-refractivity contribution in [2.75, 3.05) is 6.61 Å². The van der Waals surface area contributed by atoms with E-state index in [0.717, 1.165) is 12.4 Å². The summed E-state index contributed by atoms with van der Waals surface area (Å²) in [5.74, 6) is 1.14. The van der Waals surface area contributed by atoms with E-state index in [1.807, 2.05) is 34.6 Å². The summed E-state index contributed by atoms with van der Waals surface area (Å²) in [5.41, 5.74) is 1.41. The van der Waals surface area contributed by atoms with Crippen LogP contribution in [0.2, 0.25) is 0 Å². The van der Waals surface area contributed by atoms with Crippen LogP contribution in [0.4, 0.5) is 0 Å². The van der Waals surface area contributed by atoms with Gasteiger partial charge in [-0.2, -0.15) is 0 Å². The van der Waals surface area contributed by atoms with Crippen LogP contribution in [0.15, 0.2) is 11.3 Å². The molecule has 1 heteroatoms. The van der Waals surface area contributed by atoms with E-state index >= 15 is 0 Å². The third-order valence-corrected chi connectivity index (χ3v) is 1.62. The van der Waals surface area contributed by atoms with E-state index in [-0.39, 0.29) is 0 Å². The van der Waals surface area contributed by atoms with Crippen LogP contribution in [0.25, 0.3) is 0 Å². The molecule has 0 unspecified atom stereocenters. The fourth-order valence-electron chi connectivity index (χ4n) is 0.862. The number of allylic oxidation sites excluding steroid dienone is 2. The van der Waals surface area contributed by atoms with Gasteiger partial charge in [-0.15, -0.1) is 0 Å². The van der Waals surface area contributed by atoms with Gasteiger partial charge in [-0.25, -0.2) is 0 Å². The van der Waals surface area contributed by atoms with E-state index < -0.39 is 0 Å². The van der Waals surface area contributed by atoms with Crippen molar-refractivity contribution in [1.29, 1.82) is 0 Å². The van der Waals surface area contributed by atoms with Crippen LogP contribution in [0, 0.1) is 0 Å². The van der Waals surface area contributed by atoms with Gasteiger partial charge < -0.3 is 4.74 Å². The number of ether oxygens (including phenoxy) is 1. The fourth-order valence-corrected chi connectivity index (χ4v) is 0.862. The topological polar surface area (TPSA) is 9.23 Å². The van der Waals surface area contributed by atoms with E-state index in [1.54, 1.807) is 0 Å². The first kappa shape index (κ1) is 14.1. The van der Waals surface area contributed by atoms with Crippen LogP contribution in [0.3, 0.4) is 0 Å². The average molecular weight is 172 g/mol. The van der Waals surface area contributed by atoms with Gasteiger partial charge in [0.25, 0.3) is 0 Å². The Kier molecular flexibility index (Phi) is 12.4. The lowest BCUT2D eigenvalue weighted by atomic mass is 10.1. The van der Waals surface area contributed by atoms with Gasteiger partial charge in [-0.1, -0.05) is 27.7 Å². The molecule has 0 saturated carbocycles. The van der Waals surface area contributed by atoms with Crippen LogP contribution in [0.5, 0.6) is 0 Å². The first-order valence-electron chi connectivity index (χ1n) is 5.10. The molecule has 0 aromatic heterocycles. The molecule has 0 amide bonds. The van der Waals surface area contributed by atoms with Gasteiger partial charge in [-0.05, 0) is 32.3 Å². The molecule has 74 valence electrons. The molecule has 0 aromatic rings. The fraction of sp³-hybridized carbons (Fsp3) is 0.818. The standard InChI is InChI=1S/C7H12O.2C2H6/c1-6-4-3-5-8-7(6)2;2*1-2/h3-5H2,1-2H3;2*1-2H3. The van der Waals surface area contributed by atoms with Crippen molar-refractivity contribution in [3.05, 3.63) is 11.3 Å². The minimum absolute atomic E-state index is 0.920. The second-order valence-corrected chi connectivity index (χ2v) is 2.29. The van der Waals surface area contributed by atoms with Gasteiger partial charge in [0.15, 0.2) is 0 Å². The Morgan fingerprint density at radius 1 is 1.00 bits per heavy atom. The molecule has 0 fully saturated rings. The quantitative estimate of drug-likeness (QED) is 0.533. The van der Waals surface area contributed by atoms with Crippen molar-refractivity contribution in [2.45, 2.75) is 54.4 Å². The van der Waals surface area contributed by atoms with Crippen LogP contribution < -0.4 is 0 Å². The maximum atomic E-state index is 5.27. The predicted octanol–water partition coefficient (Wildman–Crippen LogP) is 4.14. The van der Waals surface area contributed by atoms with Gasteiger partial charge in [-0.3, -0.25) is 0 Å². The molecule has 0 saturated heterocycles. The van der Waals surface area contributed by atoms with Crippen LogP contribution in [-0.2, 0) is 4.74 Å². The second-order valence-electron chi connectivity index (χ2n) is 2.29. The van der Waals surface area contributed by atoms with Crippen molar-refractivity contribution in [2.24, 2.45) is 0 Å². The van der Waals surface area contributed by atoms with Gasteiger partial charge in [0.2, 0.25) is 0 Å². The molecule has 0 spiro atoms. The van der Waals surface area contributed by atoms with Crippen molar-refractivity contribution >= 4 is 0 Å². The molecule has 0 N–H and O–H groups in total. The third kappa shape index (κ3) is 6.26. The number of hydrogen-bond donors (Lipinski definition) is 0. The van der Waals surface area contributed by atoms with Gasteiger partial charge in [0.05, 0.1) is 12.4 Å². The highest BCUT2D eigenvalue weighted by atomic mass is 16.5. The highest BCUT2D eigenvalue weighted by Crippen LogP contribution is 2.16. The lowest BCUT2D eigenvalue weighted by Crippen LogP contribution is -2.01. The molecular formula is C11H24O. The summed E-state index contributed by atoms with van der Waals surface area (Å²) in [6, 6.07) is 0. The van der Waals surface area contributed by atoms with E-state index in [0.29, 0.717) is 0 Å². The maximum absolute atomic E-state index is 5.27. The molecule has 1 nitrogen and oxygen atoms in total. The van der Waals surface area contributed by atoms with Gasteiger partial charge in [0, 0.05) is 0 Å². The smallest absolute Gasteiger partial charge is 0.0918 e. The summed E-state index contributed by atoms with van der Waals surface area (Å²) in [7, 11) is 0. The Hall–Kier alpha value is -0.460. The predicted molar refractivity (Wildman–Crippen MR) is 56.3 cm³/mol. The molecule has 0 atom stereocenters. The minimum atomic E-state index is 0.920. The largest absolute Gasteiger partial charge is 0.498 e. The van der Waals surface area contributed by atoms with E-state index in [4.69, 9.17) is 4.74 Å². The number of rotatable bonds is 0. The van der Waals surface area contributed by atoms with Crippen LogP contribution >= 0.6 is 0 Å². The zero-order valence-corrected chi connectivity index (χ0v) is 9.53. The molecule has 0 aromatic carbocycles. The highest BCUT2D eigenvalue weighted by molar-refractivity contribution is 5.04. The van der Waals surface area contributed by atoms with Gasteiger partial charge in [0.1, 0.15) is 0 Å². The average Bonchev–Trinajstić information content (AvgIpc) is 2.17. The second kappa shape index (κ2) is 10.5. The molecule has 0 bridgehead atoms. The summed E-state index contributed by atoms with van der Waals surface area (Å²) >= 11 is 0. The lowest BCUT2D eigenvalue weighted by molar-refractivity contribution is 0.189. The summed E-state index contributed by atoms with van der Waals surface area (Å²) in [6.07, 6.45) is 2.43. The summed E-state index contributed by atoms with van der Waals surface area (Å²) in [4.78, 5) is 0. The Bertz CT molecular complexity index is 100. The summed E-state index contributed by atoms with van der Waals surface area (Å²) in [5, 5.41) is 0. The summed E-state index contributed by atoms with van der Waals surface area (Å²) < 4.78 is 5.27.